The van der Waals surface area contributed by atoms with Crippen LogP contribution in [-0.2, 0) is 0 Å². The van der Waals surface area contributed by atoms with Crippen molar-refractivity contribution in [3.8, 4) is 5.69 Å². The molecule has 0 aliphatic rings. The SMILES string of the molecule is Cc1cccc(Cl)c1-n1c(N)nc2ccc(Br)cc21. The van der Waals surface area contributed by atoms with E-state index in [0.717, 1.165) is 26.8 Å². The van der Waals surface area contributed by atoms with Crippen LogP contribution < -0.4 is 5.73 Å². The molecule has 19 heavy (non-hydrogen) atoms. The van der Waals surface area contributed by atoms with E-state index in [4.69, 9.17) is 17.3 Å². The Hall–Kier alpha value is -1.52. The van der Waals surface area contributed by atoms with Crippen LogP contribution in [0.25, 0.3) is 16.7 Å². The van der Waals surface area contributed by atoms with Gasteiger partial charge in [-0.05, 0) is 36.8 Å². The van der Waals surface area contributed by atoms with Crippen molar-refractivity contribution < 1.29 is 0 Å². The third-order valence-electron chi connectivity index (χ3n) is 3.05. The summed E-state index contributed by atoms with van der Waals surface area (Å²) in [5, 5.41) is 0.658. The summed E-state index contributed by atoms with van der Waals surface area (Å²) < 4.78 is 2.86. The third-order valence-corrected chi connectivity index (χ3v) is 3.85. The first-order valence-electron chi connectivity index (χ1n) is 5.77. The second-order valence-corrected chi connectivity index (χ2v) is 5.67. The molecule has 0 radical (unpaired) electrons. The Morgan fingerprint density at radius 3 is 2.79 bits per heavy atom. The topological polar surface area (TPSA) is 43.8 Å². The number of fused-ring (bicyclic) bond motifs is 1. The van der Waals surface area contributed by atoms with E-state index < -0.39 is 0 Å². The minimum atomic E-state index is 0.435. The Morgan fingerprint density at radius 1 is 1.26 bits per heavy atom. The molecule has 3 rings (SSSR count). The summed E-state index contributed by atoms with van der Waals surface area (Å²) >= 11 is 9.79. The maximum absolute atomic E-state index is 6.32. The van der Waals surface area contributed by atoms with Crippen LogP contribution in [0.5, 0.6) is 0 Å². The first kappa shape index (κ1) is 12.5. The van der Waals surface area contributed by atoms with Gasteiger partial charge in [0.05, 0.1) is 21.7 Å². The van der Waals surface area contributed by atoms with Crippen molar-refractivity contribution in [1.82, 2.24) is 9.55 Å². The van der Waals surface area contributed by atoms with Crippen LogP contribution >= 0.6 is 27.5 Å². The normalized spacial score (nSPS) is 11.1. The second kappa shape index (κ2) is 4.54. The minimum Gasteiger partial charge on any atom is -0.369 e. The van der Waals surface area contributed by atoms with Gasteiger partial charge in [0.2, 0.25) is 5.95 Å². The zero-order valence-corrected chi connectivity index (χ0v) is 12.5. The van der Waals surface area contributed by atoms with Crippen molar-refractivity contribution >= 4 is 44.5 Å². The quantitative estimate of drug-likeness (QED) is 0.718. The molecule has 3 aromatic rings. The monoisotopic (exact) mass is 335 g/mol. The molecule has 0 aliphatic carbocycles. The lowest BCUT2D eigenvalue weighted by molar-refractivity contribution is 1.09. The number of aryl methyl sites for hydroxylation is 1. The summed E-state index contributed by atoms with van der Waals surface area (Å²) in [6.07, 6.45) is 0. The van der Waals surface area contributed by atoms with Crippen LogP contribution in [0.2, 0.25) is 5.02 Å². The zero-order chi connectivity index (χ0) is 13.6. The fourth-order valence-electron chi connectivity index (χ4n) is 2.21. The molecule has 3 nitrogen and oxygen atoms in total. The Labute approximate surface area is 124 Å². The molecule has 0 bridgehead atoms. The molecule has 2 N–H and O–H groups in total. The van der Waals surface area contributed by atoms with E-state index in [1.165, 1.54) is 0 Å². The van der Waals surface area contributed by atoms with Crippen LogP contribution in [-0.4, -0.2) is 9.55 Å². The molecule has 5 heteroatoms. The molecule has 0 unspecified atom stereocenters. The van der Waals surface area contributed by atoms with E-state index >= 15 is 0 Å². The zero-order valence-electron chi connectivity index (χ0n) is 10.2. The number of nitrogens with zero attached hydrogens (tertiary/aromatic N) is 2. The smallest absolute Gasteiger partial charge is 0.205 e. The molecule has 1 heterocycles. The van der Waals surface area contributed by atoms with E-state index in [1.54, 1.807) is 0 Å². The molecular formula is C14H11BrClN3. The fraction of sp³-hybridized carbons (Fsp3) is 0.0714. The van der Waals surface area contributed by atoms with Gasteiger partial charge in [0.15, 0.2) is 0 Å². The number of hydrogen-bond acceptors (Lipinski definition) is 2. The van der Waals surface area contributed by atoms with E-state index in [0.29, 0.717) is 11.0 Å². The van der Waals surface area contributed by atoms with Crippen LogP contribution in [0.3, 0.4) is 0 Å². The first-order valence-corrected chi connectivity index (χ1v) is 6.94. The lowest BCUT2D eigenvalue weighted by Gasteiger charge is -2.12. The first-order chi connectivity index (χ1) is 9.08. The summed E-state index contributed by atoms with van der Waals surface area (Å²) in [6.45, 7) is 2.00. The predicted molar refractivity (Wildman–Crippen MR) is 82.9 cm³/mol. The number of hydrogen-bond donors (Lipinski definition) is 1. The number of aromatic nitrogens is 2. The minimum absolute atomic E-state index is 0.435. The van der Waals surface area contributed by atoms with Crippen LogP contribution in [0.1, 0.15) is 5.56 Å². The number of rotatable bonds is 1. The summed E-state index contributed by atoms with van der Waals surface area (Å²) in [6, 6.07) is 11.6. The average molecular weight is 337 g/mol. The number of imidazole rings is 1. The van der Waals surface area contributed by atoms with Gasteiger partial charge in [-0.25, -0.2) is 4.98 Å². The van der Waals surface area contributed by atoms with Gasteiger partial charge in [-0.2, -0.15) is 0 Å². The Bertz CT molecular complexity index is 759. The van der Waals surface area contributed by atoms with Crippen molar-refractivity contribution in [2.24, 2.45) is 0 Å². The number of nitrogens with two attached hydrogens (primary N) is 1. The summed E-state index contributed by atoms with van der Waals surface area (Å²) in [7, 11) is 0. The number of benzene rings is 2. The van der Waals surface area contributed by atoms with E-state index in [9.17, 15) is 0 Å². The summed E-state index contributed by atoms with van der Waals surface area (Å²) in [5.74, 6) is 0.435. The molecule has 0 saturated heterocycles. The number of halogens is 2. The van der Waals surface area contributed by atoms with Crippen LogP contribution in [0, 0.1) is 6.92 Å². The average Bonchev–Trinajstić information content (AvgIpc) is 2.66. The molecule has 2 aromatic carbocycles. The molecule has 0 aliphatic heterocycles. The number of anilines is 1. The largest absolute Gasteiger partial charge is 0.369 e. The van der Waals surface area contributed by atoms with Crippen molar-refractivity contribution in [3.63, 3.8) is 0 Å². The van der Waals surface area contributed by atoms with Gasteiger partial charge >= 0.3 is 0 Å². The molecule has 0 atom stereocenters. The van der Waals surface area contributed by atoms with Crippen LogP contribution in [0.15, 0.2) is 40.9 Å². The van der Waals surface area contributed by atoms with Gasteiger partial charge in [0.25, 0.3) is 0 Å². The molecule has 96 valence electrons. The molecule has 0 saturated carbocycles. The van der Waals surface area contributed by atoms with Gasteiger partial charge in [-0.3, -0.25) is 4.57 Å². The maximum Gasteiger partial charge on any atom is 0.205 e. The Balaban J connectivity index is 2.42. The lowest BCUT2D eigenvalue weighted by atomic mass is 10.2. The van der Waals surface area contributed by atoms with E-state index in [2.05, 4.69) is 20.9 Å². The highest BCUT2D eigenvalue weighted by Gasteiger charge is 2.14. The fourth-order valence-corrected chi connectivity index (χ4v) is 2.86. The summed E-state index contributed by atoms with van der Waals surface area (Å²) in [5.41, 5.74) is 9.76. The van der Waals surface area contributed by atoms with Gasteiger partial charge in [-0.15, -0.1) is 0 Å². The number of nitrogen functional groups attached to an aromatic ring is 1. The highest BCUT2D eigenvalue weighted by atomic mass is 79.9. The second-order valence-electron chi connectivity index (χ2n) is 4.34. The summed E-state index contributed by atoms with van der Waals surface area (Å²) in [4.78, 5) is 4.37. The predicted octanol–water partition coefficient (Wildman–Crippen LogP) is 4.33. The van der Waals surface area contributed by atoms with Gasteiger partial charge < -0.3 is 5.73 Å². The molecule has 1 aromatic heterocycles. The Kier molecular flexibility index (Phi) is 2.99. The molecular weight excluding hydrogens is 326 g/mol. The van der Waals surface area contributed by atoms with Crippen molar-refractivity contribution in [1.29, 1.82) is 0 Å². The molecule has 0 spiro atoms. The standard InChI is InChI=1S/C14H11BrClN3/c1-8-3-2-4-10(16)13(8)19-12-7-9(15)5-6-11(12)18-14(19)17/h2-7H,1H3,(H2,17,18). The van der Waals surface area contributed by atoms with Gasteiger partial charge in [0.1, 0.15) is 0 Å². The Morgan fingerprint density at radius 2 is 2.05 bits per heavy atom. The molecule has 0 amide bonds. The van der Waals surface area contributed by atoms with Crippen molar-refractivity contribution in [3.05, 3.63) is 51.5 Å². The van der Waals surface area contributed by atoms with Gasteiger partial charge in [0, 0.05) is 4.47 Å². The number of para-hydroxylation sites is 1. The van der Waals surface area contributed by atoms with E-state index in [1.807, 2.05) is 47.9 Å². The molecule has 0 fully saturated rings. The van der Waals surface area contributed by atoms with Gasteiger partial charge in [-0.1, -0.05) is 39.7 Å². The third kappa shape index (κ3) is 2.01. The van der Waals surface area contributed by atoms with E-state index in [-0.39, 0.29) is 0 Å². The highest BCUT2D eigenvalue weighted by Crippen LogP contribution is 2.31. The van der Waals surface area contributed by atoms with Crippen LogP contribution in [0.4, 0.5) is 5.95 Å². The van der Waals surface area contributed by atoms with Crippen molar-refractivity contribution in [2.75, 3.05) is 5.73 Å². The highest BCUT2D eigenvalue weighted by molar-refractivity contribution is 9.10. The maximum atomic E-state index is 6.32. The van der Waals surface area contributed by atoms with Crippen molar-refractivity contribution in [2.45, 2.75) is 6.92 Å². The lowest BCUT2D eigenvalue weighted by Crippen LogP contribution is -2.03.